The van der Waals surface area contributed by atoms with E-state index in [1.807, 2.05) is 12.1 Å². The molecule has 130 valence electrons. The van der Waals surface area contributed by atoms with Crippen molar-refractivity contribution in [2.45, 2.75) is 19.4 Å². The van der Waals surface area contributed by atoms with Gasteiger partial charge < -0.3 is 10.1 Å². The molecule has 1 aromatic heterocycles. The monoisotopic (exact) mass is 336 g/mol. The van der Waals surface area contributed by atoms with Crippen LogP contribution in [0.1, 0.15) is 24.0 Å². The quantitative estimate of drug-likeness (QED) is 0.877. The van der Waals surface area contributed by atoms with Crippen LogP contribution in [-0.2, 0) is 6.54 Å². The molecular formula is C20H24N4O. The summed E-state index contributed by atoms with van der Waals surface area (Å²) >= 11 is 0. The Hall–Kier alpha value is -2.58. The number of rotatable bonds is 6. The highest BCUT2D eigenvalue weighted by Crippen LogP contribution is 2.21. The molecule has 1 aliphatic heterocycles. The fraction of sp³-hybridized carbons (Fsp3) is 0.400. The summed E-state index contributed by atoms with van der Waals surface area (Å²) in [5.74, 6) is 2.23. The molecule has 0 saturated carbocycles. The number of nitriles is 1. The fourth-order valence-corrected chi connectivity index (χ4v) is 3.22. The third kappa shape index (κ3) is 4.71. The number of benzene rings is 1. The average Bonchev–Trinajstić information content (AvgIpc) is 2.68. The Labute approximate surface area is 149 Å². The van der Waals surface area contributed by atoms with E-state index in [0.29, 0.717) is 17.3 Å². The van der Waals surface area contributed by atoms with E-state index in [2.05, 4.69) is 33.4 Å². The molecule has 5 heteroatoms. The van der Waals surface area contributed by atoms with Crippen molar-refractivity contribution in [2.75, 3.05) is 32.1 Å². The maximum atomic E-state index is 9.12. The van der Waals surface area contributed by atoms with Gasteiger partial charge in [-0.25, -0.2) is 4.98 Å². The number of pyridine rings is 1. The van der Waals surface area contributed by atoms with E-state index in [9.17, 15) is 0 Å². The summed E-state index contributed by atoms with van der Waals surface area (Å²) in [5, 5.41) is 12.5. The predicted molar refractivity (Wildman–Crippen MR) is 98.4 cm³/mol. The lowest BCUT2D eigenvalue weighted by molar-refractivity contribution is 0.182. The maximum Gasteiger partial charge on any atom is 0.143 e. The molecule has 1 aliphatic rings. The number of methoxy groups -OCH3 is 1. The SMILES string of the molecule is COc1ccc(CN2CCC(CNc3ncccc3C#N)CC2)cc1. The van der Waals surface area contributed by atoms with Gasteiger partial charge in [0.2, 0.25) is 0 Å². The van der Waals surface area contributed by atoms with Crippen LogP contribution in [0, 0.1) is 17.2 Å². The molecule has 1 N–H and O–H groups in total. The van der Waals surface area contributed by atoms with Crippen LogP contribution in [0.25, 0.3) is 0 Å². The third-order valence-electron chi connectivity index (χ3n) is 4.76. The van der Waals surface area contributed by atoms with Crippen LogP contribution in [0.3, 0.4) is 0 Å². The summed E-state index contributed by atoms with van der Waals surface area (Å²) in [6, 6.07) is 14.1. The molecule has 0 unspecified atom stereocenters. The van der Waals surface area contributed by atoms with E-state index < -0.39 is 0 Å². The highest BCUT2D eigenvalue weighted by molar-refractivity contribution is 5.51. The molecule has 0 atom stereocenters. The van der Waals surface area contributed by atoms with E-state index in [4.69, 9.17) is 10.00 Å². The molecular weight excluding hydrogens is 312 g/mol. The molecule has 1 saturated heterocycles. The summed E-state index contributed by atoms with van der Waals surface area (Å²) < 4.78 is 5.21. The van der Waals surface area contributed by atoms with Crippen molar-refractivity contribution in [3.63, 3.8) is 0 Å². The molecule has 1 aromatic carbocycles. The van der Waals surface area contributed by atoms with Gasteiger partial charge in [0.1, 0.15) is 17.6 Å². The van der Waals surface area contributed by atoms with E-state index in [0.717, 1.165) is 44.8 Å². The lowest BCUT2D eigenvalue weighted by atomic mass is 9.96. The Morgan fingerprint density at radius 2 is 2.00 bits per heavy atom. The van der Waals surface area contributed by atoms with Crippen molar-refractivity contribution in [3.8, 4) is 11.8 Å². The number of hydrogen-bond acceptors (Lipinski definition) is 5. The summed E-state index contributed by atoms with van der Waals surface area (Å²) in [4.78, 5) is 6.76. The second-order valence-electron chi connectivity index (χ2n) is 6.46. The van der Waals surface area contributed by atoms with Gasteiger partial charge in [-0.3, -0.25) is 4.90 Å². The zero-order valence-electron chi connectivity index (χ0n) is 14.6. The van der Waals surface area contributed by atoms with Crippen LogP contribution in [0.5, 0.6) is 5.75 Å². The first-order valence-electron chi connectivity index (χ1n) is 8.73. The largest absolute Gasteiger partial charge is 0.497 e. The van der Waals surface area contributed by atoms with Crippen molar-refractivity contribution < 1.29 is 4.74 Å². The van der Waals surface area contributed by atoms with Crippen molar-refractivity contribution in [1.29, 1.82) is 5.26 Å². The second-order valence-corrected chi connectivity index (χ2v) is 6.46. The van der Waals surface area contributed by atoms with E-state index in [1.54, 1.807) is 25.4 Å². The van der Waals surface area contributed by atoms with Gasteiger partial charge in [-0.1, -0.05) is 12.1 Å². The van der Waals surface area contributed by atoms with Gasteiger partial charge in [-0.2, -0.15) is 5.26 Å². The number of anilines is 1. The van der Waals surface area contributed by atoms with Gasteiger partial charge in [0, 0.05) is 19.3 Å². The number of piperidine rings is 1. The van der Waals surface area contributed by atoms with Crippen LogP contribution in [0.2, 0.25) is 0 Å². The van der Waals surface area contributed by atoms with Gasteiger partial charge in [0.15, 0.2) is 0 Å². The Morgan fingerprint density at radius 1 is 1.24 bits per heavy atom. The summed E-state index contributed by atoms with van der Waals surface area (Å²) in [6.07, 6.45) is 4.05. The fourth-order valence-electron chi connectivity index (χ4n) is 3.22. The number of nitrogens with zero attached hydrogens (tertiary/aromatic N) is 3. The zero-order chi connectivity index (χ0) is 17.5. The van der Waals surface area contributed by atoms with Crippen molar-refractivity contribution in [1.82, 2.24) is 9.88 Å². The van der Waals surface area contributed by atoms with E-state index >= 15 is 0 Å². The van der Waals surface area contributed by atoms with Gasteiger partial charge in [0.05, 0.1) is 12.7 Å². The molecule has 25 heavy (non-hydrogen) atoms. The molecule has 0 bridgehead atoms. The Morgan fingerprint density at radius 3 is 2.68 bits per heavy atom. The van der Waals surface area contributed by atoms with Crippen molar-refractivity contribution in [3.05, 3.63) is 53.7 Å². The number of hydrogen-bond donors (Lipinski definition) is 1. The smallest absolute Gasteiger partial charge is 0.143 e. The maximum absolute atomic E-state index is 9.12. The molecule has 3 rings (SSSR count). The van der Waals surface area contributed by atoms with Gasteiger partial charge >= 0.3 is 0 Å². The standard InChI is InChI=1S/C20H24N4O/c1-25-19-6-4-17(5-7-19)15-24-11-8-16(9-12-24)14-23-20-18(13-21)3-2-10-22-20/h2-7,10,16H,8-9,11-12,14-15H2,1H3,(H,22,23). The summed E-state index contributed by atoms with van der Waals surface area (Å²) in [5.41, 5.74) is 1.93. The topological polar surface area (TPSA) is 61.2 Å². The van der Waals surface area contributed by atoms with Crippen LogP contribution >= 0.6 is 0 Å². The van der Waals surface area contributed by atoms with E-state index in [1.165, 1.54) is 5.56 Å². The van der Waals surface area contributed by atoms with Gasteiger partial charge in [-0.15, -0.1) is 0 Å². The number of likely N-dealkylation sites (tertiary alicyclic amines) is 1. The first-order valence-corrected chi connectivity index (χ1v) is 8.73. The molecule has 0 amide bonds. The Bertz CT molecular complexity index is 715. The van der Waals surface area contributed by atoms with Gasteiger partial charge in [0.25, 0.3) is 0 Å². The summed E-state index contributed by atoms with van der Waals surface area (Å²) in [6.45, 7) is 4.07. The number of ether oxygens (including phenoxy) is 1. The molecule has 5 nitrogen and oxygen atoms in total. The van der Waals surface area contributed by atoms with Crippen LogP contribution < -0.4 is 10.1 Å². The highest BCUT2D eigenvalue weighted by Gasteiger charge is 2.19. The first-order chi connectivity index (χ1) is 12.3. The lowest BCUT2D eigenvalue weighted by Gasteiger charge is -2.32. The van der Waals surface area contributed by atoms with Gasteiger partial charge in [-0.05, 0) is 61.7 Å². The van der Waals surface area contributed by atoms with Crippen molar-refractivity contribution >= 4 is 5.82 Å². The molecule has 2 heterocycles. The molecule has 2 aromatic rings. The third-order valence-corrected chi connectivity index (χ3v) is 4.76. The molecule has 1 fully saturated rings. The predicted octanol–water partition coefficient (Wildman–Crippen LogP) is 3.29. The minimum atomic E-state index is 0.611. The van der Waals surface area contributed by atoms with Crippen molar-refractivity contribution in [2.24, 2.45) is 5.92 Å². The minimum absolute atomic E-state index is 0.611. The first kappa shape index (κ1) is 17.2. The Kier molecular flexibility index (Phi) is 5.86. The molecule has 0 aliphatic carbocycles. The molecule has 0 spiro atoms. The number of nitrogens with one attached hydrogen (secondary N) is 1. The normalized spacial score (nSPS) is 15.5. The zero-order valence-corrected chi connectivity index (χ0v) is 14.6. The number of aromatic nitrogens is 1. The van der Waals surface area contributed by atoms with Crippen LogP contribution in [-0.4, -0.2) is 36.6 Å². The Balaban J connectivity index is 1.44. The molecule has 0 radical (unpaired) electrons. The van der Waals surface area contributed by atoms with E-state index in [-0.39, 0.29) is 0 Å². The van der Waals surface area contributed by atoms with Crippen LogP contribution in [0.15, 0.2) is 42.6 Å². The van der Waals surface area contributed by atoms with Crippen LogP contribution in [0.4, 0.5) is 5.82 Å². The lowest BCUT2D eigenvalue weighted by Crippen LogP contribution is -2.35. The average molecular weight is 336 g/mol. The summed E-state index contributed by atoms with van der Waals surface area (Å²) in [7, 11) is 1.69. The highest BCUT2D eigenvalue weighted by atomic mass is 16.5. The second kappa shape index (κ2) is 8.50. The minimum Gasteiger partial charge on any atom is -0.497 e.